The number of nitrogens with one attached hydrogen (secondary N) is 1. The minimum atomic E-state index is -0.277. The number of benzene rings is 2. The largest absolute Gasteiger partial charge is 0.384 e. The zero-order valence-electron chi connectivity index (χ0n) is 11.8. The van der Waals surface area contributed by atoms with Crippen LogP contribution in [-0.2, 0) is 11.3 Å². The van der Waals surface area contributed by atoms with Crippen LogP contribution in [-0.4, -0.2) is 24.4 Å². The Hall–Kier alpha value is -2.36. The van der Waals surface area contributed by atoms with Gasteiger partial charge in [-0.25, -0.2) is 4.39 Å². The lowest BCUT2D eigenvalue weighted by atomic mass is 10.00. The van der Waals surface area contributed by atoms with Gasteiger partial charge < -0.3 is 10.2 Å². The molecule has 0 bridgehead atoms. The fourth-order valence-corrected chi connectivity index (χ4v) is 2.76. The van der Waals surface area contributed by atoms with Gasteiger partial charge in [-0.3, -0.25) is 4.79 Å². The van der Waals surface area contributed by atoms with E-state index in [9.17, 15) is 9.18 Å². The number of carbonyl (C=O) groups is 1. The van der Waals surface area contributed by atoms with Gasteiger partial charge >= 0.3 is 0 Å². The number of anilines is 1. The minimum absolute atomic E-state index is 0.0525. The predicted molar refractivity (Wildman–Crippen MR) is 80.5 cm³/mol. The van der Waals surface area contributed by atoms with Crippen LogP contribution in [0.25, 0.3) is 0 Å². The van der Waals surface area contributed by atoms with Crippen molar-refractivity contribution in [3.8, 4) is 0 Å². The van der Waals surface area contributed by atoms with Crippen molar-refractivity contribution in [2.45, 2.75) is 12.5 Å². The summed E-state index contributed by atoms with van der Waals surface area (Å²) in [4.78, 5) is 14.2. The number of amides is 1. The second-order valence-electron chi connectivity index (χ2n) is 5.34. The monoisotopic (exact) mass is 284 g/mol. The highest BCUT2D eigenvalue weighted by Crippen LogP contribution is 2.32. The number of nitrogens with zero attached hydrogens (tertiary/aromatic N) is 1. The van der Waals surface area contributed by atoms with Crippen molar-refractivity contribution in [3.05, 3.63) is 65.5 Å². The summed E-state index contributed by atoms with van der Waals surface area (Å²) in [5.74, 6) is -0.391. The first kappa shape index (κ1) is 13.6. The molecule has 1 N–H and O–H groups in total. The van der Waals surface area contributed by atoms with E-state index < -0.39 is 0 Å². The molecule has 3 rings (SSSR count). The maximum Gasteiger partial charge on any atom is 0.232 e. The van der Waals surface area contributed by atoms with E-state index in [-0.39, 0.29) is 17.6 Å². The van der Waals surface area contributed by atoms with Gasteiger partial charge in [0.2, 0.25) is 5.91 Å². The van der Waals surface area contributed by atoms with Crippen LogP contribution >= 0.6 is 0 Å². The van der Waals surface area contributed by atoms with Gasteiger partial charge in [0.15, 0.2) is 0 Å². The number of para-hydroxylation sites is 1. The van der Waals surface area contributed by atoms with Gasteiger partial charge in [-0.05, 0) is 29.3 Å². The average molecular weight is 284 g/mol. The smallest absolute Gasteiger partial charge is 0.232 e. The van der Waals surface area contributed by atoms with Crippen molar-refractivity contribution in [1.82, 2.24) is 4.90 Å². The van der Waals surface area contributed by atoms with E-state index in [4.69, 9.17) is 0 Å². The van der Waals surface area contributed by atoms with Gasteiger partial charge in [-0.1, -0.05) is 30.3 Å². The summed E-state index contributed by atoms with van der Waals surface area (Å²) in [5.41, 5.74) is 2.86. The predicted octanol–water partition coefficient (Wildman–Crippen LogP) is 2.99. The topological polar surface area (TPSA) is 32.3 Å². The SMILES string of the molecule is CN(Cc1cccc(F)c1)C(=O)C1CNc2ccccc21. The minimum Gasteiger partial charge on any atom is -0.384 e. The first-order valence-corrected chi connectivity index (χ1v) is 6.97. The normalized spacial score (nSPS) is 16.2. The number of hydrogen-bond acceptors (Lipinski definition) is 2. The van der Waals surface area contributed by atoms with Gasteiger partial charge in [-0.15, -0.1) is 0 Å². The first-order chi connectivity index (χ1) is 10.1. The summed E-state index contributed by atoms with van der Waals surface area (Å²) < 4.78 is 13.2. The van der Waals surface area contributed by atoms with Crippen LogP contribution in [0.4, 0.5) is 10.1 Å². The lowest BCUT2D eigenvalue weighted by molar-refractivity contribution is -0.131. The molecule has 21 heavy (non-hydrogen) atoms. The maximum atomic E-state index is 13.2. The second kappa shape index (κ2) is 5.56. The Balaban J connectivity index is 1.74. The third kappa shape index (κ3) is 2.75. The van der Waals surface area contributed by atoms with Gasteiger partial charge in [0.25, 0.3) is 0 Å². The second-order valence-corrected chi connectivity index (χ2v) is 5.34. The van der Waals surface area contributed by atoms with Gasteiger partial charge in [0.1, 0.15) is 5.82 Å². The van der Waals surface area contributed by atoms with Crippen molar-refractivity contribution < 1.29 is 9.18 Å². The van der Waals surface area contributed by atoms with Crippen molar-refractivity contribution in [3.63, 3.8) is 0 Å². The van der Waals surface area contributed by atoms with E-state index in [0.717, 1.165) is 16.8 Å². The van der Waals surface area contributed by atoms with Crippen LogP contribution in [0.1, 0.15) is 17.0 Å². The van der Waals surface area contributed by atoms with Crippen LogP contribution in [0.3, 0.4) is 0 Å². The molecule has 0 fully saturated rings. The highest BCUT2D eigenvalue weighted by Gasteiger charge is 2.30. The molecule has 4 heteroatoms. The summed E-state index contributed by atoms with van der Waals surface area (Å²) in [6.07, 6.45) is 0. The standard InChI is InChI=1S/C17H17FN2O/c1-20(11-12-5-4-6-13(18)9-12)17(21)15-10-19-16-8-3-2-7-14(15)16/h2-9,15,19H,10-11H2,1H3. The van der Waals surface area contributed by atoms with E-state index in [1.165, 1.54) is 12.1 Å². The van der Waals surface area contributed by atoms with Crippen LogP contribution in [0, 0.1) is 5.82 Å². The highest BCUT2D eigenvalue weighted by atomic mass is 19.1. The average Bonchev–Trinajstić information content (AvgIpc) is 2.90. The van der Waals surface area contributed by atoms with Gasteiger partial charge in [0, 0.05) is 25.8 Å². The van der Waals surface area contributed by atoms with Gasteiger partial charge in [0.05, 0.1) is 5.92 Å². The molecule has 3 nitrogen and oxygen atoms in total. The fraction of sp³-hybridized carbons (Fsp3) is 0.235. The molecule has 1 heterocycles. The number of halogens is 1. The summed E-state index contributed by atoms with van der Waals surface area (Å²) in [6.45, 7) is 1.03. The molecule has 0 aliphatic carbocycles. The summed E-state index contributed by atoms with van der Waals surface area (Å²) >= 11 is 0. The Bertz CT molecular complexity index is 671. The Morgan fingerprint density at radius 3 is 2.90 bits per heavy atom. The number of carbonyl (C=O) groups excluding carboxylic acids is 1. The third-order valence-corrected chi connectivity index (χ3v) is 3.82. The Kier molecular flexibility index (Phi) is 3.60. The van der Waals surface area contributed by atoms with E-state index in [1.807, 2.05) is 30.3 Å². The molecule has 2 aromatic carbocycles. The van der Waals surface area contributed by atoms with Crippen molar-refractivity contribution in [2.75, 3.05) is 18.9 Å². The number of likely N-dealkylation sites (N-methyl/N-ethyl adjacent to an activating group) is 1. The van der Waals surface area contributed by atoms with Crippen LogP contribution in [0.15, 0.2) is 48.5 Å². The maximum absolute atomic E-state index is 13.2. The molecule has 0 saturated heterocycles. The molecular formula is C17H17FN2O. The summed E-state index contributed by atoms with van der Waals surface area (Å²) in [5, 5.41) is 3.25. The molecule has 2 aromatic rings. The van der Waals surface area contributed by atoms with E-state index in [0.29, 0.717) is 13.1 Å². The van der Waals surface area contributed by atoms with Crippen molar-refractivity contribution >= 4 is 11.6 Å². The lowest BCUT2D eigenvalue weighted by Gasteiger charge is -2.21. The van der Waals surface area contributed by atoms with Crippen LogP contribution < -0.4 is 5.32 Å². The van der Waals surface area contributed by atoms with Crippen molar-refractivity contribution in [1.29, 1.82) is 0 Å². The van der Waals surface area contributed by atoms with Gasteiger partial charge in [-0.2, -0.15) is 0 Å². The molecule has 0 saturated carbocycles. The molecule has 1 aliphatic rings. The molecule has 0 spiro atoms. The molecule has 1 aliphatic heterocycles. The molecular weight excluding hydrogens is 267 g/mol. The highest BCUT2D eigenvalue weighted by molar-refractivity contribution is 5.88. The van der Waals surface area contributed by atoms with E-state index in [2.05, 4.69) is 5.32 Å². The van der Waals surface area contributed by atoms with E-state index in [1.54, 1.807) is 18.0 Å². The number of hydrogen-bond donors (Lipinski definition) is 1. The van der Waals surface area contributed by atoms with Crippen molar-refractivity contribution in [2.24, 2.45) is 0 Å². The Morgan fingerprint density at radius 1 is 1.29 bits per heavy atom. The number of rotatable bonds is 3. The zero-order chi connectivity index (χ0) is 14.8. The lowest BCUT2D eigenvalue weighted by Crippen LogP contribution is -2.32. The Labute approximate surface area is 123 Å². The molecule has 108 valence electrons. The van der Waals surface area contributed by atoms with E-state index >= 15 is 0 Å². The zero-order valence-corrected chi connectivity index (χ0v) is 11.8. The fourth-order valence-electron chi connectivity index (χ4n) is 2.76. The molecule has 1 amide bonds. The number of fused-ring (bicyclic) bond motifs is 1. The molecule has 1 unspecified atom stereocenters. The summed E-state index contributed by atoms with van der Waals surface area (Å²) in [6, 6.07) is 14.2. The molecule has 0 aromatic heterocycles. The summed E-state index contributed by atoms with van der Waals surface area (Å²) in [7, 11) is 1.76. The molecule has 1 atom stereocenters. The third-order valence-electron chi connectivity index (χ3n) is 3.82. The molecule has 0 radical (unpaired) electrons. The van der Waals surface area contributed by atoms with Crippen LogP contribution in [0.5, 0.6) is 0 Å². The quantitative estimate of drug-likeness (QED) is 0.939. The Morgan fingerprint density at radius 2 is 2.10 bits per heavy atom. The first-order valence-electron chi connectivity index (χ1n) is 6.97. The van der Waals surface area contributed by atoms with Crippen LogP contribution in [0.2, 0.25) is 0 Å².